The fourth-order valence-corrected chi connectivity index (χ4v) is 3.10. The highest BCUT2D eigenvalue weighted by Crippen LogP contribution is 2.23. The summed E-state index contributed by atoms with van der Waals surface area (Å²) in [6, 6.07) is 13.1. The third kappa shape index (κ3) is 4.35. The lowest BCUT2D eigenvalue weighted by Gasteiger charge is -2.36. The maximum absolute atomic E-state index is 12.9. The highest BCUT2D eigenvalue weighted by molar-refractivity contribution is 5.80. The van der Waals surface area contributed by atoms with Gasteiger partial charge in [0.15, 0.2) is 0 Å². The molecule has 3 N–H and O–H groups in total. The minimum atomic E-state index is -0.794. The Hall–Kier alpha value is -2.44. The van der Waals surface area contributed by atoms with E-state index in [1.165, 1.54) is 24.3 Å². The maximum atomic E-state index is 12.9. The van der Waals surface area contributed by atoms with Crippen LogP contribution in [0.25, 0.3) is 0 Å². The first-order valence-corrected chi connectivity index (χ1v) is 8.19. The molecule has 2 atom stereocenters. The molecule has 1 aliphatic rings. The van der Waals surface area contributed by atoms with Crippen LogP contribution in [0.1, 0.15) is 11.1 Å². The predicted octanol–water partition coefficient (Wildman–Crippen LogP) is 1.48. The van der Waals surface area contributed by atoms with Gasteiger partial charge in [0.2, 0.25) is 5.91 Å². The first-order chi connectivity index (χ1) is 12.0. The summed E-state index contributed by atoms with van der Waals surface area (Å²) in [5, 5.41) is 10.3. The third-order valence-electron chi connectivity index (χ3n) is 4.38. The van der Waals surface area contributed by atoms with Crippen molar-refractivity contribution in [3.8, 4) is 5.75 Å². The lowest BCUT2D eigenvalue weighted by Crippen LogP contribution is -2.51. The Bertz CT molecular complexity index is 736. The van der Waals surface area contributed by atoms with Gasteiger partial charge in [-0.3, -0.25) is 9.69 Å². The normalized spacial score (nSPS) is 18.4. The maximum Gasteiger partial charge on any atom is 0.235 e. The monoisotopic (exact) mass is 344 g/mol. The first kappa shape index (κ1) is 17.4. The summed E-state index contributed by atoms with van der Waals surface area (Å²) < 4.78 is 18.3. The zero-order valence-corrected chi connectivity index (χ0v) is 13.8. The van der Waals surface area contributed by atoms with E-state index in [-0.39, 0.29) is 19.0 Å². The molecule has 0 spiro atoms. The molecule has 2 aromatic rings. The van der Waals surface area contributed by atoms with Crippen molar-refractivity contribution in [2.45, 2.75) is 25.1 Å². The van der Waals surface area contributed by atoms with Crippen molar-refractivity contribution < 1.29 is 19.0 Å². The highest BCUT2D eigenvalue weighted by Gasteiger charge is 2.31. The van der Waals surface area contributed by atoms with Crippen LogP contribution in [0, 0.1) is 5.82 Å². The molecule has 0 bridgehead atoms. The van der Waals surface area contributed by atoms with Crippen LogP contribution in [0.5, 0.6) is 5.75 Å². The van der Waals surface area contributed by atoms with Gasteiger partial charge in [-0.1, -0.05) is 24.3 Å². The van der Waals surface area contributed by atoms with Gasteiger partial charge in [-0.2, -0.15) is 0 Å². The zero-order valence-electron chi connectivity index (χ0n) is 13.8. The number of nitrogens with zero attached hydrogens (tertiary/aromatic N) is 1. The topological polar surface area (TPSA) is 75.8 Å². The van der Waals surface area contributed by atoms with E-state index >= 15 is 0 Å². The molecule has 0 aliphatic carbocycles. The number of β-amino-alcohol motifs (C(OH)–C–C–N with tert-alkyl or cyclic N) is 1. The number of hydrogen-bond donors (Lipinski definition) is 2. The number of aliphatic hydroxyl groups is 1. The van der Waals surface area contributed by atoms with E-state index in [0.717, 1.165) is 11.1 Å². The number of carbonyl (C=O) groups excluding carboxylic acids is 1. The summed E-state index contributed by atoms with van der Waals surface area (Å²) in [5.74, 6) is -0.263. The molecule has 0 radical (unpaired) electrons. The molecule has 25 heavy (non-hydrogen) atoms. The molecule has 0 aromatic heterocycles. The summed E-state index contributed by atoms with van der Waals surface area (Å²) in [6.45, 7) is 0.871. The minimum absolute atomic E-state index is 0.0509. The Morgan fingerprint density at radius 2 is 1.92 bits per heavy atom. The smallest absolute Gasteiger partial charge is 0.235 e. The Balaban J connectivity index is 1.61. The van der Waals surface area contributed by atoms with Crippen molar-refractivity contribution in [3.63, 3.8) is 0 Å². The van der Waals surface area contributed by atoms with E-state index in [4.69, 9.17) is 10.5 Å². The second-order valence-electron chi connectivity index (χ2n) is 6.24. The SMILES string of the molecule is NC(=O)[C@@H]1Cc2ccccc2CN1CC(O)COc1ccc(F)cc1. The van der Waals surface area contributed by atoms with Gasteiger partial charge in [-0.05, 0) is 41.8 Å². The summed E-state index contributed by atoms with van der Waals surface area (Å²) >= 11 is 0. The second kappa shape index (κ2) is 7.63. The Morgan fingerprint density at radius 1 is 1.24 bits per heavy atom. The molecular formula is C19H21FN2O3. The molecule has 0 saturated carbocycles. The standard InChI is InChI=1S/C19H21FN2O3/c20-15-5-7-17(8-6-15)25-12-16(23)11-22-10-14-4-2-1-3-13(14)9-18(22)19(21)24/h1-8,16,18,23H,9-12H2,(H2,21,24)/t16?,18-/m0/s1. The van der Waals surface area contributed by atoms with Crippen molar-refractivity contribution in [2.24, 2.45) is 5.73 Å². The van der Waals surface area contributed by atoms with Crippen LogP contribution in [-0.4, -0.2) is 41.2 Å². The lowest BCUT2D eigenvalue weighted by molar-refractivity contribution is -0.124. The second-order valence-corrected chi connectivity index (χ2v) is 6.24. The predicted molar refractivity (Wildman–Crippen MR) is 91.4 cm³/mol. The van der Waals surface area contributed by atoms with Gasteiger partial charge in [0.25, 0.3) is 0 Å². The number of nitrogens with two attached hydrogens (primary N) is 1. The number of aliphatic hydroxyl groups excluding tert-OH is 1. The quantitative estimate of drug-likeness (QED) is 0.832. The van der Waals surface area contributed by atoms with Crippen molar-refractivity contribution in [3.05, 3.63) is 65.5 Å². The van der Waals surface area contributed by atoms with Gasteiger partial charge in [0.1, 0.15) is 24.3 Å². The third-order valence-corrected chi connectivity index (χ3v) is 4.38. The van der Waals surface area contributed by atoms with Crippen LogP contribution < -0.4 is 10.5 Å². The first-order valence-electron chi connectivity index (χ1n) is 8.19. The molecular weight excluding hydrogens is 323 g/mol. The van der Waals surface area contributed by atoms with Crippen molar-refractivity contribution in [1.29, 1.82) is 0 Å². The van der Waals surface area contributed by atoms with E-state index in [0.29, 0.717) is 18.7 Å². The number of amides is 1. The van der Waals surface area contributed by atoms with Crippen molar-refractivity contribution >= 4 is 5.91 Å². The number of benzene rings is 2. The molecule has 1 amide bonds. The molecule has 3 rings (SSSR count). The summed E-state index contributed by atoms with van der Waals surface area (Å²) in [4.78, 5) is 13.7. The molecule has 0 fully saturated rings. The van der Waals surface area contributed by atoms with Crippen LogP contribution in [0.15, 0.2) is 48.5 Å². The Kier molecular flexibility index (Phi) is 5.31. The minimum Gasteiger partial charge on any atom is -0.491 e. The van der Waals surface area contributed by atoms with Crippen LogP contribution in [-0.2, 0) is 17.8 Å². The Morgan fingerprint density at radius 3 is 2.60 bits per heavy atom. The van der Waals surface area contributed by atoms with E-state index < -0.39 is 18.1 Å². The molecule has 6 heteroatoms. The summed E-state index contributed by atoms with van der Waals surface area (Å²) in [6.07, 6.45) is -0.256. The van der Waals surface area contributed by atoms with Gasteiger partial charge in [-0.25, -0.2) is 4.39 Å². The molecule has 132 valence electrons. The fourth-order valence-electron chi connectivity index (χ4n) is 3.10. The van der Waals surface area contributed by atoms with Gasteiger partial charge < -0.3 is 15.6 Å². The zero-order chi connectivity index (χ0) is 17.8. The number of hydrogen-bond acceptors (Lipinski definition) is 4. The Labute approximate surface area is 145 Å². The summed E-state index contributed by atoms with van der Waals surface area (Å²) in [5.41, 5.74) is 7.78. The molecule has 2 aromatic carbocycles. The van der Waals surface area contributed by atoms with Crippen LogP contribution in [0.3, 0.4) is 0 Å². The van der Waals surface area contributed by atoms with E-state index in [1.807, 2.05) is 29.2 Å². The van der Waals surface area contributed by atoms with Gasteiger partial charge in [0.05, 0.1) is 6.04 Å². The van der Waals surface area contributed by atoms with E-state index in [1.54, 1.807) is 0 Å². The number of halogens is 1. The average molecular weight is 344 g/mol. The lowest BCUT2D eigenvalue weighted by atomic mass is 9.93. The number of ether oxygens (including phenoxy) is 1. The fraction of sp³-hybridized carbons (Fsp3) is 0.316. The van der Waals surface area contributed by atoms with Crippen LogP contribution in [0.4, 0.5) is 4.39 Å². The van der Waals surface area contributed by atoms with Crippen molar-refractivity contribution in [2.75, 3.05) is 13.2 Å². The van der Waals surface area contributed by atoms with Crippen LogP contribution >= 0.6 is 0 Å². The molecule has 1 aliphatic heterocycles. The van der Waals surface area contributed by atoms with E-state index in [2.05, 4.69) is 0 Å². The highest BCUT2D eigenvalue weighted by atomic mass is 19.1. The van der Waals surface area contributed by atoms with Gasteiger partial charge >= 0.3 is 0 Å². The molecule has 1 unspecified atom stereocenters. The number of fused-ring (bicyclic) bond motifs is 1. The number of rotatable bonds is 6. The number of primary amides is 1. The van der Waals surface area contributed by atoms with E-state index in [9.17, 15) is 14.3 Å². The van der Waals surface area contributed by atoms with Gasteiger partial charge in [-0.15, -0.1) is 0 Å². The molecule has 5 nitrogen and oxygen atoms in total. The molecule has 1 heterocycles. The van der Waals surface area contributed by atoms with Gasteiger partial charge in [0, 0.05) is 13.1 Å². The number of carbonyl (C=O) groups is 1. The molecule has 0 saturated heterocycles. The van der Waals surface area contributed by atoms with Crippen molar-refractivity contribution in [1.82, 2.24) is 4.90 Å². The summed E-state index contributed by atoms with van der Waals surface area (Å²) in [7, 11) is 0. The van der Waals surface area contributed by atoms with Crippen LogP contribution in [0.2, 0.25) is 0 Å². The largest absolute Gasteiger partial charge is 0.491 e. The average Bonchev–Trinajstić information content (AvgIpc) is 2.60.